The summed E-state index contributed by atoms with van der Waals surface area (Å²) in [5.41, 5.74) is 11.0. The van der Waals surface area contributed by atoms with Crippen LogP contribution in [0.4, 0.5) is 4.79 Å². The zero-order valence-corrected chi connectivity index (χ0v) is 16.8. The lowest BCUT2D eigenvalue weighted by Gasteiger charge is -2.22. The van der Waals surface area contributed by atoms with Crippen molar-refractivity contribution in [3.8, 4) is 0 Å². The van der Waals surface area contributed by atoms with Crippen LogP contribution < -0.4 is 22.1 Å². The molecule has 0 fully saturated rings. The first-order chi connectivity index (χ1) is 14.0. The van der Waals surface area contributed by atoms with Crippen molar-refractivity contribution in [3.05, 3.63) is 11.8 Å². The van der Waals surface area contributed by atoms with E-state index >= 15 is 0 Å². The maximum atomic E-state index is 12.3. The number of hydrogen-bond donors (Lipinski definition) is 6. The molecule has 1 unspecified atom stereocenters. The molecular formula is C17H28N6O7. The molecule has 1 aromatic heterocycles. The van der Waals surface area contributed by atoms with Crippen LogP contribution >= 0.6 is 0 Å². The number of hydrogen-bond acceptors (Lipinski definition) is 8. The van der Waals surface area contributed by atoms with Crippen LogP contribution in [0.15, 0.2) is 4.42 Å². The van der Waals surface area contributed by atoms with Crippen molar-refractivity contribution in [1.82, 2.24) is 20.8 Å². The van der Waals surface area contributed by atoms with E-state index in [-0.39, 0.29) is 37.0 Å². The Bertz CT molecular complexity index is 753. The second kappa shape index (κ2) is 11.7. The van der Waals surface area contributed by atoms with Crippen LogP contribution in [-0.2, 0) is 14.4 Å². The fraction of sp³-hybridized carbons (Fsp3) is 0.647. The van der Waals surface area contributed by atoms with E-state index in [1.807, 2.05) is 13.8 Å². The van der Waals surface area contributed by atoms with E-state index in [9.17, 15) is 24.3 Å². The number of carbonyl (C=O) groups excluding carboxylic acids is 2. The number of carboxylic acids is 2. The zero-order chi connectivity index (χ0) is 22.8. The second-order valence-electron chi connectivity index (χ2n) is 6.89. The van der Waals surface area contributed by atoms with Crippen LogP contribution in [-0.4, -0.2) is 50.3 Å². The number of aromatic nitrogens is 2. The first kappa shape index (κ1) is 24.8. The Morgan fingerprint density at radius 2 is 1.70 bits per heavy atom. The molecule has 0 saturated heterocycles. The van der Waals surface area contributed by atoms with Gasteiger partial charge in [0.2, 0.25) is 17.7 Å². The van der Waals surface area contributed by atoms with Crippen molar-refractivity contribution in [2.75, 3.05) is 0 Å². The summed E-state index contributed by atoms with van der Waals surface area (Å²) in [6.07, 6.45) is 0.190. The van der Waals surface area contributed by atoms with Gasteiger partial charge in [0.15, 0.2) is 0 Å². The molecule has 1 rings (SSSR count). The summed E-state index contributed by atoms with van der Waals surface area (Å²) in [4.78, 5) is 45.1. The highest BCUT2D eigenvalue weighted by Gasteiger charge is 2.29. The molecule has 0 radical (unpaired) electrons. The predicted octanol–water partition coefficient (Wildman–Crippen LogP) is 0.0393. The van der Waals surface area contributed by atoms with Gasteiger partial charge in [-0.05, 0) is 18.8 Å². The third-order valence-electron chi connectivity index (χ3n) is 4.49. The number of aliphatic carboxylic acids is 2. The maximum absolute atomic E-state index is 12.3. The predicted molar refractivity (Wildman–Crippen MR) is 102 cm³/mol. The molecule has 0 spiro atoms. The molecule has 1 aromatic rings. The van der Waals surface area contributed by atoms with Gasteiger partial charge in [-0.25, -0.2) is 9.59 Å². The standard InChI is InChI=1S/C17H28N6O7/c1-3-8(2)13(15-23-22-14(30-15)9(18)4-6-11(19)24)21-17(29)20-10(16(27)28)5-7-12(25)26/h8-10,13H,3-7,18H2,1-2H3,(H2,19,24)(H,25,26)(H,27,28)(H2,20,21,29)/t8?,9-,10-,13-/m0/s1. The topological polar surface area (TPSA) is 224 Å². The fourth-order valence-electron chi connectivity index (χ4n) is 2.49. The van der Waals surface area contributed by atoms with Crippen LogP contribution in [0.3, 0.4) is 0 Å². The SMILES string of the molecule is CCC(C)[C@H](NC(=O)N[C@@H](CCC(=O)O)C(=O)O)c1nnc([C@@H](N)CCC(N)=O)o1. The molecular weight excluding hydrogens is 400 g/mol. The number of nitrogens with one attached hydrogen (secondary N) is 2. The summed E-state index contributed by atoms with van der Waals surface area (Å²) < 4.78 is 5.56. The lowest BCUT2D eigenvalue weighted by molar-refractivity contribution is -0.140. The highest BCUT2D eigenvalue weighted by atomic mass is 16.4. The molecule has 1 heterocycles. The maximum Gasteiger partial charge on any atom is 0.326 e. The fourth-order valence-corrected chi connectivity index (χ4v) is 2.49. The molecule has 0 aliphatic heterocycles. The van der Waals surface area contributed by atoms with Gasteiger partial charge in [0, 0.05) is 12.8 Å². The van der Waals surface area contributed by atoms with E-state index in [0.29, 0.717) is 6.42 Å². The highest BCUT2D eigenvalue weighted by Crippen LogP contribution is 2.25. The lowest BCUT2D eigenvalue weighted by atomic mass is 9.99. The zero-order valence-electron chi connectivity index (χ0n) is 16.8. The van der Waals surface area contributed by atoms with Crippen LogP contribution in [0.5, 0.6) is 0 Å². The van der Waals surface area contributed by atoms with Gasteiger partial charge in [-0.1, -0.05) is 20.3 Å². The van der Waals surface area contributed by atoms with Crippen molar-refractivity contribution < 1.29 is 33.8 Å². The molecule has 3 amide bonds. The summed E-state index contributed by atoms with van der Waals surface area (Å²) >= 11 is 0. The molecule has 13 heteroatoms. The monoisotopic (exact) mass is 428 g/mol. The Balaban J connectivity index is 2.87. The van der Waals surface area contributed by atoms with E-state index in [1.54, 1.807) is 0 Å². The van der Waals surface area contributed by atoms with Crippen LogP contribution in [0.2, 0.25) is 0 Å². The van der Waals surface area contributed by atoms with E-state index < -0.39 is 48.4 Å². The Morgan fingerprint density at radius 1 is 1.07 bits per heavy atom. The van der Waals surface area contributed by atoms with Crippen molar-refractivity contribution >= 4 is 23.9 Å². The van der Waals surface area contributed by atoms with Gasteiger partial charge in [0.05, 0.1) is 6.04 Å². The molecule has 0 aromatic carbocycles. The number of carboxylic acid groups (broad SMARTS) is 2. The number of nitrogens with zero attached hydrogens (tertiary/aromatic N) is 2. The summed E-state index contributed by atoms with van der Waals surface area (Å²) in [7, 11) is 0. The van der Waals surface area contributed by atoms with E-state index in [2.05, 4.69) is 20.8 Å². The first-order valence-electron chi connectivity index (χ1n) is 9.43. The summed E-state index contributed by atoms with van der Waals surface area (Å²) in [6.45, 7) is 3.70. The minimum absolute atomic E-state index is 0.0429. The van der Waals surface area contributed by atoms with Gasteiger partial charge in [0.1, 0.15) is 12.1 Å². The smallest absolute Gasteiger partial charge is 0.326 e. The number of carbonyl (C=O) groups is 4. The average Bonchev–Trinajstić information content (AvgIpc) is 3.16. The molecule has 30 heavy (non-hydrogen) atoms. The van der Waals surface area contributed by atoms with Gasteiger partial charge in [-0.3, -0.25) is 9.59 Å². The van der Waals surface area contributed by atoms with Crippen LogP contribution in [0.25, 0.3) is 0 Å². The largest absolute Gasteiger partial charge is 0.481 e. The third kappa shape index (κ3) is 8.03. The Labute approximate surface area is 172 Å². The van der Waals surface area contributed by atoms with Crippen LogP contribution in [0.1, 0.15) is 69.8 Å². The minimum Gasteiger partial charge on any atom is -0.481 e. The minimum atomic E-state index is -1.38. The quantitative estimate of drug-likeness (QED) is 0.247. The Morgan fingerprint density at radius 3 is 2.23 bits per heavy atom. The molecule has 168 valence electrons. The Kier molecular flexibility index (Phi) is 9.68. The number of urea groups is 1. The number of amides is 3. The third-order valence-corrected chi connectivity index (χ3v) is 4.49. The molecule has 4 atom stereocenters. The molecule has 0 bridgehead atoms. The molecule has 0 aliphatic rings. The molecule has 0 aliphatic carbocycles. The number of rotatable bonds is 13. The van der Waals surface area contributed by atoms with E-state index in [1.165, 1.54) is 0 Å². The van der Waals surface area contributed by atoms with Gasteiger partial charge in [-0.15, -0.1) is 10.2 Å². The number of nitrogens with two attached hydrogens (primary N) is 2. The molecule has 8 N–H and O–H groups in total. The summed E-state index contributed by atoms with van der Waals surface area (Å²) in [5.74, 6) is -3.06. The van der Waals surface area contributed by atoms with Gasteiger partial charge in [0.25, 0.3) is 0 Å². The first-order valence-corrected chi connectivity index (χ1v) is 9.43. The van der Waals surface area contributed by atoms with Crippen molar-refractivity contribution in [1.29, 1.82) is 0 Å². The van der Waals surface area contributed by atoms with Gasteiger partial charge < -0.3 is 36.7 Å². The lowest BCUT2D eigenvalue weighted by Crippen LogP contribution is -2.48. The second-order valence-corrected chi connectivity index (χ2v) is 6.89. The Hall–Kier alpha value is -3.22. The molecule has 13 nitrogen and oxygen atoms in total. The van der Waals surface area contributed by atoms with Crippen molar-refractivity contribution in [2.24, 2.45) is 17.4 Å². The van der Waals surface area contributed by atoms with Gasteiger partial charge in [-0.2, -0.15) is 0 Å². The van der Waals surface area contributed by atoms with Crippen molar-refractivity contribution in [2.45, 2.75) is 64.1 Å². The number of primary amides is 1. The van der Waals surface area contributed by atoms with Crippen LogP contribution in [0, 0.1) is 5.92 Å². The van der Waals surface area contributed by atoms with E-state index in [4.69, 9.17) is 21.0 Å². The van der Waals surface area contributed by atoms with Gasteiger partial charge >= 0.3 is 18.0 Å². The van der Waals surface area contributed by atoms with Crippen molar-refractivity contribution in [3.63, 3.8) is 0 Å². The molecule has 0 saturated carbocycles. The summed E-state index contributed by atoms with van der Waals surface area (Å²) in [6, 6.07) is -3.65. The average molecular weight is 428 g/mol. The highest BCUT2D eigenvalue weighted by molar-refractivity contribution is 5.83. The normalized spacial score (nSPS) is 14.9. The summed E-state index contributed by atoms with van der Waals surface area (Å²) in [5, 5.41) is 30.5. The van der Waals surface area contributed by atoms with E-state index in [0.717, 1.165) is 0 Å².